The topological polar surface area (TPSA) is 30.9 Å². The Hall–Kier alpha value is -2.63. The monoisotopic (exact) mass is 416 g/mol. The second-order valence-electron chi connectivity index (χ2n) is 8.25. The molecule has 4 nitrogen and oxygen atoms in total. The highest BCUT2D eigenvalue weighted by Gasteiger charge is 2.35. The van der Waals surface area contributed by atoms with Gasteiger partial charge >= 0.3 is 0 Å². The van der Waals surface area contributed by atoms with E-state index in [1.165, 1.54) is 16.1 Å². The van der Waals surface area contributed by atoms with Gasteiger partial charge in [-0.3, -0.25) is 4.90 Å². The van der Waals surface area contributed by atoms with Crippen LogP contribution in [-0.2, 0) is 6.42 Å². The minimum absolute atomic E-state index is 0.393. The number of anilines is 2. The number of hydrogen-bond acceptors (Lipinski definition) is 5. The summed E-state index contributed by atoms with van der Waals surface area (Å²) in [4.78, 5) is 10.2. The second-order valence-corrected chi connectivity index (χ2v) is 9.16. The van der Waals surface area contributed by atoms with Crippen molar-refractivity contribution in [3.05, 3.63) is 77.2 Å². The van der Waals surface area contributed by atoms with Crippen LogP contribution in [-0.4, -0.2) is 47.9 Å². The number of hydrogen-bond donors (Lipinski definition) is 1. The zero-order chi connectivity index (χ0) is 20.5. The molecule has 0 spiro atoms. The van der Waals surface area contributed by atoms with E-state index in [0.717, 1.165) is 43.1 Å². The minimum Gasteiger partial charge on any atom is -0.350 e. The van der Waals surface area contributed by atoms with Crippen molar-refractivity contribution in [1.82, 2.24) is 9.80 Å². The molecule has 0 aliphatic carbocycles. The largest absolute Gasteiger partial charge is 0.350 e. The number of piperazine rings is 1. The molecule has 2 aromatic carbocycles. The third-order valence-electron chi connectivity index (χ3n) is 6.44. The van der Waals surface area contributed by atoms with Gasteiger partial charge in [-0.25, -0.2) is 4.99 Å². The molecule has 1 N–H and O–H groups in total. The molecule has 5 rings (SSSR count). The first-order chi connectivity index (χ1) is 14.7. The van der Waals surface area contributed by atoms with Gasteiger partial charge in [0.2, 0.25) is 0 Å². The van der Waals surface area contributed by atoms with E-state index >= 15 is 0 Å². The molecule has 3 heterocycles. The zero-order valence-electron chi connectivity index (χ0n) is 17.6. The third-order valence-corrected chi connectivity index (χ3v) is 7.27. The van der Waals surface area contributed by atoms with E-state index in [1.807, 2.05) is 0 Å². The van der Waals surface area contributed by atoms with Crippen molar-refractivity contribution in [2.75, 3.05) is 25.5 Å². The highest BCUT2D eigenvalue weighted by atomic mass is 32.1. The molecule has 1 saturated heterocycles. The summed E-state index contributed by atoms with van der Waals surface area (Å²) in [6.45, 7) is 4.41. The highest BCUT2D eigenvalue weighted by Crippen LogP contribution is 2.38. The van der Waals surface area contributed by atoms with Crippen LogP contribution in [0.1, 0.15) is 24.5 Å². The SMILES string of the molecule is CC1C(CCc2ccccc2)N(C)CCN1C1=Nc2ccccc2Nc2sccc21. The van der Waals surface area contributed by atoms with Crippen LogP contribution in [0.15, 0.2) is 71.0 Å². The van der Waals surface area contributed by atoms with Crippen LogP contribution in [0.3, 0.4) is 0 Å². The molecular formula is C25H28N4S. The molecule has 2 aliphatic rings. The predicted octanol–water partition coefficient (Wildman–Crippen LogP) is 5.52. The summed E-state index contributed by atoms with van der Waals surface area (Å²) < 4.78 is 0. The smallest absolute Gasteiger partial charge is 0.139 e. The van der Waals surface area contributed by atoms with Gasteiger partial charge in [0.15, 0.2) is 0 Å². The Kier molecular flexibility index (Phi) is 5.32. The number of rotatable bonds is 3. The Bertz CT molecular complexity index is 1040. The highest BCUT2D eigenvalue weighted by molar-refractivity contribution is 7.14. The standard InChI is InChI=1S/C25H28N4S/c1-18-23(13-12-19-8-4-3-5-9-19)28(2)15-16-29(18)24-20-14-17-30-25(20)27-22-11-7-6-10-21(22)26-24/h3-11,14,17-18,23,27H,12-13,15-16H2,1-2H3. The molecule has 0 radical (unpaired) electrons. The van der Waals surface area contributed by atoms with Gasteiger partial charge in [0, 0.05) is 25.2 Å². The molecule has 0 bridgehead atoms. The quantitative estimate of drug-likeness (QED) is 0.610. The Morgan fingerprint density at radius 2 is 1.83 bits per heavy atom. The van der Waals surface area contributed by atoms with Gasteiger partial charge in [-0.1, -0.05) is 42.5 Å². The molecule has 1 fully saturated rings. The summed E-state index contributed by atoms with van der Waals surface area (Å²) in [5.74, 6) is 1.11. The maximum Gasteiger partial charge on any atom is 0.139 e. The first-order valence-electron chi connectivity index (χ1n) is 10.7. The van der Waals surface area contributed by atoms with Crippen LogP contribution < -0.4 is 5.32 Å². The van der Waals surface area contributed by atoms with Crippen molar-refractivity contribution in [1.29, 1.82) is 0 Å². The van der Waals surface area contributed by atoms with Gasteiger partial charge in [0.1, 0.15) is 10.8 Å². The fourth-order valence-corrected chi connectivity index (χ4v) is 5.50. The average molecular weight is 417 g/mol. The molecular weight excluding hydrogens is 388 g/mol. The van der Waals surface area contributed by atoms with Gasteiger partial charge in [-0.2, -0.15) is 0 Å². The maximum atomic E-state index is 5.17. The van der Waals surface area contributed by atoms with Gasteiger partial charge < -0.3 is 10.2 Å². The molecule has 2 aliphatic heterocycles. The molecule has 154 valence electrons. The predicted molar refractivity (Wildman–Crippen MR) is 128 cm³/mol. The molecule has 1 aromatic heterocycles. The van der Waals surface area contributed by atoms with Crippen molar-refractivity contribution in [3.63, 3.8) is 0 Å². The van der Waals surface area contributed by atoms with Crippen LogP contribution in [0.25, 0.3) is 0 Å². The number of likely N-dealkylation sites (N-methyl/N-ethyl adjacent to an activating group) is 1. The lowest BCUT2D eigenvalue weighted by Crippen LogP contribution is -2.59. The summed E-state index contributed by atoms with van der Waals surface area (Å²) in [7, 11) is 2.27. The summed E-state index contributed by atoms with van der Waals surface area (Å²) in [6.07, 6.45) is 2.26. The second kappa shape index (κ2) is 8.25. The minimum atomic E-state index is 0.393. The lowest BCUT2D eigenvalue weighted by atomic mass is 9.95. The normalized spacial score (nSPS) is 21.3. The number of benzene rings is 2. The zero-order valence-corrected chi connectivity index (χ0v) is 18.4. The lowest BCUT2D eigenvalue weighted by molar-refractivity contribution is 0.0846. The van der Waals surface area contributed by atoms with E-state index in [9.17, 15) is 0 Å². The number of para-hydroxylation sites is 2. The number of amidine groups is 1. The number of aliphatic imine (C=N–C) groups is 1. The van der Waals surface area contributed by atoms with E-state index in [0.29, 0.717) is 12.1 Å². The Labute approximate surface area is 182 Å². The lowest BCUT2D eigenvalue weighted by Gasteiger charge is -2.46. The van der Waals surface area contributed by atoms with Crippen molar-refractivity contribution in [2.45, 2.75) is 31.8 Å². The van der Waals surface area contributed by atoms with Gasteiger partial charge in [0.25, 0.3) is 0 Å². The number of fused-ring (bicyclic) bond motifs is 2. The molecule has 2 unspecified atom stereocenters. The summed E-state index contributed by atoms with van der Waals surface area (Å²) >= 11 is 1.75. The number of nitrogens with zero attached hydrogens (tertiary/aromatic N) is 3. The van der Waals surface area contributed by atoms with Gasteiger partial charge in [-0.15, -0.1) is 11.3 Å². The van der Waals surface area contributed by atoms with Crippen molar-refractivity contribution >= 4 is 33.5 Å². The Morgan fingerprint density at radius 3 is 2.70 bits per heavy atom. The first kappa shape index (κ1) is 19.3. The molecule has 30 heavy (non-hydrogen) atoms. The number of nitrogens with one attached hydrogen (secondary N) is 1. The van der Waals surface area contributed by atoms with E-state index in [1.54, 1.807) is 11.3 Å². The summed E-state index contributed by atoms with van der Waals surface area (Å²) in [5.41, 5.74) is 4.73. The molecule has 0 saturated carbocycles. The Morgan fingerprint density at radius 1 is 1.03 bits per heavy atom. The maximum absolute atomic E-state index is 5.17. The van der Waals surface area contributed by atoms with E-state index in [-0.39, 0.29) is 0 Å². The molecule has 0 amide bonds. The fraction of sp³-hybridized carbons (Fsp3) is 0.320. The molecule has 3 aromatic rings. The van der Waals surface area contributed by atoms with Crippen LogP contribution in [0.2, 0.25) is 0 Å². The first-order valence-corrected chi connectivity index (χ1v) is 11.6. The summed E-state index contributed by atoms with van der Waals surface area (Å²) in [5, 5.41) is 6.95. The van der Waals surface area contributed by atoms with Crippen LogP contribution in [0.5, 0.6) is 0 Å². The van der Waals surface area contributed by atoms with Crippen LogP contribution in [0, 0.1) is 0 Å². The van der Waals surface area contributed by atoms with Crippen LogP contribution >= 0.6 is 11.3 Å². The fourth-order valence-electron chi connectivity index (χ4n) is 4.71. The van der Waals surface area contributed by atoms with Crippen LogP contribution in [0.4, 0.5) is 16.4 Å². The molecule has 5 heteroatoms. The van der Waals surface area contributed by atoms with Gasteiger partial charge in [-0.05, 0) is 56.0 Å². The van der Waals surface area contributed by atoms with E-state index in [2.05, 4.69) is 95.1 Å². The average Bonchev–Trinajstić information content (AvgIpc) is 3.16. The van der Waals surface area contributed by atoms with Crippen molar-refractivity contribution in [3.8, 4) is 0 Å². The van der Waals surface area contributed by atoms with Gasteiger partial charge in [0.05, 0.1) is 16.9 Å². The third kappa shape index (κ3) is 3.64. The number of thiophene rings is 1. The Balaban J connectivity index is 1.45. The van der Waals surface area contributed by atoms with E-state index < -0.39 is 0 Å². The summed E-state index contributed by atoms with van der Waals surface area (Å²) in [6, 6.07) is 22.3. The number of aryl methyl sites for hydroxylation is 1. The van der Waals surface area contributed by atoms with Crippen molar-refractivity contribution in [2.24, 2.45) is 4.99 Å². The molecule has 2 atom stereocenters. The van der Waals surface area contributed by atoms with E-state index in [4.69, 9.17) is 4.99 Å². The van der Waals surface area contributed by atoms with Crippen molar-refractivity contribution < 1.29 is 0 Å².